The molecule has 26 heavy (non-hydrogen) atoms. The minimum atomic E-state index is -1.38. The van der Waals surface area contributed by atoms with E-state index in [1.54, 1.807) is 55.6 Å². The average molecular weight is 354 g/mol. The SMILES string of the molecule is COc1ccc(C2(C(C)(C)C)C(=O)Oc3ccccc3C2C(=O)O)cc1. The van der Waals surface area contributed by atoms with Gasteiger partial charge < -0.3 is 14.6 Å². The van der Waals surface area contributed by atoms with Crippen LogP contribution in [0.1, 0.15) is 37.8 Å². The maximum atomic E-state index is 13.3. The Kier molecular flexibility index (Phi) is 4.26. The van der Waals surface area contributed by atoms with Crippen molar-refractivity contribution >= 4 is 11.9 Å². The zero-order chi connectivity index (χ0) is 19.1. The third-order valence-corrected chi connectivity index (χ3v) is 5.16. The van der Waals surface area contributed by atoms with Crippen LogP contribution in [0.15, 0.2) is 48.5 Å². The number of para-hydroxylation sites is 1. The molecule has 2 unspecified atom stereocenters. The molecule has 0 saturated heterocycles. The number of carbonyl (C=O) groups is 2. The number of carbonyl (C=O) groups excluding carboxylic acids is 1. The number of benzene rings is 2. The van der Waals surface area contributed by atoms with Crippen LogP contribution in [0.4, 0.5) is 0 Å². The van der Waals surface area contributed by atoms with E-state index in [0.717, 1.165) is 0 Å². The predicted octanol–water partition coefficient (Wildman–Crippen LogP) is 3.77. The van der Waals surface area contributed by atoms with Gasteiger partial charge in [-0.15, -0.1) is 0 Å². The molecule has 2 aromatic rings. The first-order valence-electron chi connectivity index (χ1n) is 8.42. The van der Waals surface area contributed by atoms with Gasteiger partial charge in [0.1, 0.15) is 22.8 Å². The van der Waals surface area contributed by atoms with E-state index < -0.39 is 28.7 Å². The molecule has 0 aliphatic carbocycles. The van der Waals surface area contributed by atoms with Gasteiger partial charge in [-0.05, 0) is 29.2 Å². The molecule has 1 aliphatic rings. The Bertz CT molecular complexity index is 847. The van der Waals surface area contributed by atoms with Gasteiger partial charge in [-0.2, -0.15) is 0 Å². The molecule has 0 bridgehead atoms. The minimum Gasteiger partial charge on any atom is -0.497 e. The topological polar surface area (TPSA) is 72.8 Å². The number of rotatable bonds is 3. The van der Waals surface area contributed by atoms with Gasteiger partial charge in [-0.25, -0.2) is 0 Å². The second-order valence-corrected chi connectivity index (χ2v) is 7.49. The van der Waals surface area contributed by atoms with Gasteiger partial charge in [0, 0.05) is 5.56 Å². The monoisotopic (exact) mass is 354 g/mol. The van der Waals surface area contributed by atoms with Crippen LogP contribution in [0.25, 0.3) is 0 Å². The van der Waals surface area contributed by atoms with Crippen molar-refractivity contribution < 1.29 is 24.2 Å². The summed E-state index contributed by atoms with van der Waals surface area (Å²) in [7, 11) is 1.56. The standard InChI is InChI=1S/C21H22O5/c1-20(2,3)21(13-9-11-14(25-4)12-10-13)17(18(22)23)15-7-5-6-8-16(15)26-19(21)24/h5-12,17H,1-4H3,(H,22,23). The fourth-order valence-corrected chi connectivity index (χ4v) is 3.97. The predicted molar refractivity (Wildman–Crippen MR) is 96.6 cm³/mol. The molecule has 0 fully saturated rings. The number of carboxylic acids is 1. The van der Waals surface area contributed by atoms with E-state index in [1.165, 1.54) is 0 Å². The highest BCUT2D eigenvalue weighted by Gasteiger charge is 2.62. The van der Waals surface area contributed by atoms with E-state index >= 15 is 0 Å². The Morgan fingerprint density at radius 1 is 1.12 bits per heavy atom. The third-order valence-electron chi connectivity index (χ3n) is 5.16. The van der Waals surface area contributed by atoms with E-state index in [-0.39, 0.29) is 0 Å². The van der Waals surface area contributed by atoms with Crippen molar-refractivity contribution in [3.63, 3.8) is 0 Å². The van der Waals surface area contributed by atoms with Crippen LogP contribution < -0.4 is 9.47 Å². The first-order valence-corrected chi connectivity index (χ1v) is 8.42. The summed E-state index contributed by atoms with van der Waals surface area (Å²) >= 11 is 0. The van der Waals surface area contributed by atoms with Gasteiger partial charge in [0.2, 0.25) is 0 Å². The van der Waals surface area contributed by atoms with Crippen LogP contribution in [-0.4, -0.2) is 24.2 Å². The van der Waals surface area contributed by atoms with Gasteiger partial charge in [0.25, 0.3) is 0 Å². The Hall–Kier alpha value is -2.82. The molecule has 0 saturated carbocycles. The second kappa shape index (κ2) is 6.16. The van der Waals surface area contributed by atoms with E-state index in [4.69, 9.17) is 9.47 Å². The zero-order valence-electron chi connectivity index (χ0n) is 15.3. The molecule has 2 aromatic carbocycles. The molecule has 0 spiro atoms. The summed E-state index contributed by atoms with van der Waals surface area (Å²) in [4.78, 5) is 25.7. The van der Waals surface area contributed by atoms with Crippen molar-refractivity contribution in [3.8, 4) is 11.5 Å². The zero-order valence-corrected chi connectivity index (χ0v) is 15.3. The van der Waals surface area contributed by atoms with Gasteiger partial charge in [0.15, 0.2) is 0 Å². The lowest BCUT2D eigenvalue weighted by Gasteiger charge is -2.49. The van der Waals surface area contributed by atoms with Gasteiger partial charge >= 0.3 is 11.9 Å². The largest absolute Gasteiger partial charge is 0.497 e. The van der Waals surface area contributed by atoms with Crippen molar-refractivity contribution in [2.75, 3.05) is 7.11 Å². The molecular formula is C21H22O5. The normalized spacial score (nSPS) is 22.3. The number of methoxy groups -OCH3 is 1. The molecule has 2 atom stereocenters. The van der Waals surface area contributed by atoms with Crippen LogP contribution >= 0.6 is 0 Å². The average Bonchev–Trinajstić information content (AvgIpc) is 2.59. The highest BCUT2D eigenvalue weighted by molar-refractivity contribution is 5.97. The van der Waals surface area contributed by atoms with Crippen molar-refractivity contribution in [2.24, 2.45) is 5.41 Å². The number of carboxylic acid groups (broad SMARTS) is 1. The molecule has 5 nitrogen and oxygen atoms in total. The Morgan fingerprint density at radius 2 is 1.73 bits per heavy atom. The lowest BCUT2D eigenvalue weighted by atomic mass is 9.54. The number of hydrogen-bond donors (Lipinski definition) is 1. The van der Waals surface area contributed by atoms with Crippen LogP contribution in [0.3, 0.4) is 0 Å². The maximum absolute atomic E-state index is 13.3. The maximum Gasteiger partial charge on any atom is 0.323 e. The molecule has 5 heteroatoms. The highest BCUT2D eigenvalue weighted by Crippen LogP contribution is 2.56. The molecule has 1 heterocycles. The fraction of sp³-hybridized carbons (Fsp3) is 0.333. The van der Waals surface area contributed by atoms with Crippen molar-refractivity contribution in [3.05, 3.63) is 59.7 Å². The van der Waals surface area contributed by atoms with Crippen molar-refractivity contribution in [1.82, 2.24) is 0 Å². The number of ether oxygens (including phenoxy) is 2. The minimum absolute atomic E-state index is 0.304. The van der Waals surface area contributed by atoms with Gasteiger partial charge in [-0.3, -0.25) is 9.59 Å². The summed E-state index contributed by atoms with van der Waals surface area (Å²) in [5.41, 5.74) is -0.989. The summed E-state index contributed by atoms with van der Waals surface area (Å²) < 4.78 is 10.8. The number of esters is 1. The van der Waals surface area contributed by atoms with E-state index in [0.29, 0.717) is 22.6 Å². The lowest BCUT2D eigenvalue weighted by Crippen LogP contribution is -2.57. The van der Waals surface area contributed by atoms with E-state index in [2.05, 4.69) is 0 Å². The van der Waals surface area contributed by atoms with E-state index in [9.17, 15) is 14.7 Å². The van der Waals surface area contributed by atoms with Crippen LogP contribution in [0, 0.1) is 5.41 Å². The fourth-order valence-electron chi connectivity index (χ4n) is 3.97. The molecule has 0 aromatic heterocycles. The van der Waals surface area contributed by atoms with Crippen LogP contribution in [0.2, 0.25) is 0 Å². The molecule has 3 rings (SSSR count). The summed E-state index contributed by atoms with van der Waals surface area (Å²) in [5, 5.41) is 10.1. The number of fused-ring (bicyclic) bond motifs is 1. The summed E-state index contributed by atoms with van der Waals surface area (Å²) in [5.74, 6) is -1.73. The van der Waals surface area contributed by atoms with Crippen molar-refractivity contribution in [2.45, 2.75) is 32.1 Å². The lowest BCUT2D eigenvalue weighted by molar-refractivity contribution is -0.158. The molecular weight excluding hydrogens is 332 g/mol. The highest BCUT2D eigenvalue weighted by atomic mass is 16.5. The van der Waals surface area contributed by atoms with Crippen LogP contribution in [-0.2, 0) is 15.0 Å². The Labute approximate surface area is 152 Å². The van der Waals surface area contributed by atoms with Gasteiger partial charge in [0.05, 0.1) is 7.11 Å². The Morgan fingerprint density at radius 3 is 2.27 bits per heavy atom. The summed E-state index contributed by atoms with van der Waals surface area (Å²) in [6.45, 7) is 5.59. The third kappa shape index (κ3) is 2.46. The quantitative estimate of drug-likeness (QED) is 0.671. The molecule has 136 valence electrons. The Balaban J connectivity index is 2.35. The van der Waals surface area contributed by atoms with Gasteiger partial charge in [-0.1, -0.05) is 51.1 Å². The second-order valence-electron chi connectivity index (χ2n) is 7.49. The first kappa shape index (κ1) is 18.0. The molecule has 1 aliphatic heterocycles. The molecule has 0 amide bonds. The summed E-state index contributed by atoms with van der Waals surface area (Å²) in [6, 6.07) is 13.8. The van der Waals surface area contributed by atoms with Crippen molar-refractivity contribution in [1.29, 1.82) is 0 Å². The first-order chi connectivity index (χ1) is 12.2. The molecule has 1 N–H and O–H groups in total. The van der Waals surface area contributed by atoms with E-state index in [1.807, 2.05) is 20.8 Å². The summed E-state index contributed by atoms with van der Waals surface area (Å²) in [6.07, 6.45) is 0. The smallest absolute Gasteiger partial charge is 0.323 e. The number of aliphatic carboxylic acids is 1. The van der Waals surface area contributed by atoms with Crippen LogP contribution in [0.5, 0.6) is 11.5 Å². The number of hydrogen-bond acceptors (Lipinski definition) is 4. The molecule has 0 radical (unpaired) electrons.